The summed E-state index contributed by atoms with van der Waals surface area (Å²) in [4.78, 5) is 23.9. The van der Waals surface area contributed by atoms with Crippen LogP contribution < -0.4 is 5.32 Å². The van der Waals surface area contributed by atoms with E-state index < -0.39 is 24.3 Å². The van der Waals surface area contributed by atoms with Crippen LogP contribution in [-0.4, -0.2) is 23.1 Å². The zero-order chi connectivity index (χ0) is 17.9. The molecule has 0 atom stereocenters. The molecule has 0 spiro atoms. The van der Waals surface area contributed by atoms with Crippen molar-refractivity contribution >= 4 is 29.2 Å². The minimum atomic E-state index is -0.645. The first-order valence-corrected chi connectivity index (χ1v) is 7.80. The molecule has 2 rings (SSSR count). The fourth-order valence-electron chi connectivity index (χ4n) is 2.48. The first-order chi connectivity index (χ1) is 11.3. The molecule has 0 aliphatic rings. The maximum atomic E-state index is 13.5. The Labute approximate surface area is 144 Å². The van der Waals surface area contributed by atoms with Gasteiger partial charge < -0.3 is 14.6 Å². The fraction of sp³-hybridized carbons (Fsp3) is 0.294. The number of carbonyl (C=O) groups excluding carboxylic acids is 2. The van der Waals surface area contributed by atoms with Gasteiger partial charge in [-0.25, -0.2) is 9.18 Å². The molecular formula is C17H18ClFN2O3. The second-order valence-corrected chi connectivity index (χ2v) is 5.71. The topological polar surface area (TPSA) is 60.3 Å². The average molecular weight is 353 g/mol. The van der Waals surface area contributed by atoms with Crippen LogP contribution in [0.25, 0.3) is 0 Å². The van der Waals surface area contributed by atoms with Crippen molar-refractivity contribution in [2.75, 3.05) is 11.9 Å². The Morgan fingerprint density at radius 2 is 2.00 bits per heavy atom. The zero-order valence-electron chi connectivity index (χ0n) is 13.7. The van der Waals surface area contributed by atoms with Gasteiger partial charge in [0.15, 0.2) is 6.61 Å². The van der Waals surface area contributed by atoms with Crippen LogP contribution in [0.2, 0.25) is 5.02 Å². The number of nitrogens with zero attached hydrogens (tertiary/aromatic N) is 1. The number of rotatable bonds is 5. The van der Waals surface area contributed by atoms with Crippen molar-refractivity contribution in [1.29, 1.82) is 0 Å². The van der Waals surface area contributed by atoms with E-state index in [9.17, 15) is 14.0 Å². The lowest BCUT2D eigenvalue weighted by Gasteiger charge is -2.08. The van der Waals surface area contributed by atoms with Crippen molar-refractivity contribution in [1.82, 2.24) is 4.57 Å². The number of benzene rings is 1. The molecular weight excluding hydrogens is 335 g/mol. The molecule has 0 fully saturated rings. The highest BCUT2D eigenvalue weighted by Crippen LogP contribution is 2.19. The molecule has 2 aromatic rings. The van der Waals surface area contributed by atoms with Crippen molar-refractivity contribution in [3.05, 3.63) is 52.1 Å². The Balaban J connectivity index is 1.99. The van der Waals surface area contributed by atoms with Crippen LogP contribution in [0.5, 0.6) is 0 Å². The molecule has 0 saturated heterocycles. The number of esters is 1. The first-order valence-electron chi connectivity index (χ1n) is 7.42. The number of carbonyl (C=O) groups is 2. The molecule has 1 N–H and O–H groups in total. The van der Waals surface area contributed by atoms with Crippen LogP contribution in [0.1, 0.15) is 28.7 Å². The summed E-state index contributed by atoms with van der Waals surface area (Å²) in [5.74, 6) is -1.86. The van der Waals surface area contributed by atoms with E-state index in [1.54, 1.807) is 6.07 Å². The number of amides is 1. The second kappa shape index (κ2) is 7.49. The smallest absolute Gasteiger partial charge is 0.340 e. The standard InChI is InChI=1S/C17H18ClFN2O3/c1-4-21-10(2)7-13(11(21)3)17(23)24-9-16(22)20-15-8-12(18)5-6-14(15)19/h5-8H,4,9H2,1-3H3,(H,20,22). The first kappa shape index (κ1) is 18.0. The molecule has 1 amide bonds. The van der Waals surface area contributed by atoms with E-state index >= 15 is 0 Å². The Morgan fingerprint density at radius 1 is 1.29 bits per heavy atom. The van der Waals surface area contributed by atoms with Gasteiger partial charge in [-0.1, -0.05) is 11.6 Å². The van der Waals surface area contributed by atoms with Crippen molar-refractivity contribution in [2.45, 2.75) is 27.3 Å². The van der Waals surface area contributed by atoms with E-state index in [1.165, 1.54) is 12.1 Å². The summed E-state index contributed by atoms with van der Waals surface area (Å²) in [6.07, 6.45) is 0. The fourth-order valence-corrected chi connectivity index (χ4v) is 2.65. The predicted octanol–water partition coefficient (Wildman–Crippen LogP) is 3.71. The van der Waals surface area contributed by atoms with Gasteiger partial charge >= 0.3 is 5.97 Å². The lowest BCUT2D eigenvalue weighted by atomic mass is 10.2. The Hall–Kier alpha value is -2.34. The van der Waals surface area contributed by atoms with Crippen LogP contribution in [-0.2, 0) is 16.1 Å². The summed E-state index contributed by atoms with van der Waals surface area (Å²) in [5.41, 5.74) is 2.07. The van der Waals surface area contributed by atoms with Crippen LogP contribution >= 0.6 is 11.6 Å². The van der Waals surface area contributed by atoms with Gasteiger partial charge in [0.05, 0.1) is 11.3 Å². The minimum Gasteiger partial charge on any atom is -0.452 e. The summed E-state index contributed by atoms with van der Waals surface area (Å²) >= 11 is 5.75. The third kappa shape index (κ3) is 3.94. The van der Waals surface area contributed by atoms with Crippen LogP contribution in [0.3, 0.4) is 0 Å². The lowest BCUT2D eigenvalue weighted by Crippen LogP contribution is -2.21. The molecule has 0 saturated carbocycles. The number of aromatic nitrogens is 1. The molecule has 1 aromatic heterocycles. The van der Waals surface area contributed by atoms with Crippen molar-refractivity contribution in [3.63, 3.8) is 0 Å². The molecule has 0 radical (unpaired) electrons. The van der Waals surface area contributed by atoms with Crippen LogP contribution in [0.15, 0.2) is 24.3 Å². The molecule has 0 unspecified atom stereocenters. The Morgan fingerprint density at radius 3 is 2.62 bits per heavy atom. The van der Waals surface area contributed by atoms with Gasteiger partial charge in [-0.05, 0) is 45.0 Å². The highest BCUT2D eigenvalue weighted by Gasteiger charge is 2.18. The van der Waals surface area contributed by atoms with E-state index in [2.05, 4.69) is 5.32 Å². The summed E-state index contributed by atoms with van der Waals surface area (Å²) < 4.78 is 20.5. The largest absolute Gasteiger partial charge is 0.452 e. The number of aryl methyl sites for hydroxylation is 1. The number of nitrogens with one attached hydrogen (secondary N) is 1. The molecule has 128 valence electrons. The van der Waals surface area contributed by atoms with Gasteiger partial charge in [-0.3, -0.25) is 4.79 Å². The molecule has 24 heavy (non-hydrogen) atoms. The molecule has 0 aliphatic heterocycles. The van der Waals surface area contributed by atoms with Crippen molar-refractivity contribution < 1.29 is 18.7 Å². The third-order valence-electron chi connectivity index (χ3n) is 3.65. The summed E-state index contributed by atoms with van der Waals surface area (Å²) in [6, 6.07) is 5.51. The molecule has 1 aromatic carbocycles. The molecule has 0 bridgehead atoms. The molecule has 1 heterocycles. The Kier molecular flexibility index (Phi) is 5.62. The number of halogens is 2. The van der Waals surface area contributed by atoms with E-state index in [4.69, 9.17) is 16.3 Å². The van der Waals surface area contributed by atoms with Crippen molar-refractivity contribution in [2.24, 2.45) is 0 Å². The third-order valence-corrected chi connectivity index (χ3v) is 3.88. The zero-order valence-corrected chi connectivity index (χ0v) is 14.4. The van der Waals surface area contributed by atoms with Gasteiger partial charge in [0.25, 0.3) is 5.91 Å². The highest BCUT2D eigenvalue weighted by atomic mass is 35.5. The number of hydrogen-bond donors (Lipinski definition) is 1. The van der Waals surface area contributed by atoms with E-state index in [0.29, 0.717) is 5.56 Å². The Bertz CT molecular complexity index is 786. The van der Waals surface area contributed by atoms with Crippen molar-refractivity contribution in [3.8, 4) is 0 Å². The minimum absolute atomic E-state index is 0.0623. The molecule has 7 heteroatoms. The van der Waals surface area contributed by atoms with Gasteiger partial charge in [0, 0.05) is 23.0 Å². The van der Waals surface area contributed by atoms with Gasteiger partial charge in [-0.15, -0.1) is 0 Å². The van der Waals surface area contributed by atoms with Gasteiger partial charge in [-0.2, -0.15) is 0 Å². The maximum absolute atomic E-state index is 13.5. The molecule has 0 aliphatic carbocycles. The van der Waals surface area contributed by atoms with E-state index in [1.807, 2.05) is 25.3 Å². The van der Waals surface area contributed by atoms with E-state index in [0.717, 1.165) is 24.0 Å². The molecule has 5 nitrogen and oxygen atoms in total. The average Bonchev–Trinajstić information content (AvgIpc) is 2.82. The maximum Gasteiger partial charge on any atom is 0.340 e. The highest BCUT2D eigenvalue weighted by molar-refractivity contribution is 6.30. The monoisotopic (exact) mass is 352 g/mol. The predicted molar refractivity (Wildman–Crippen MR) is 89.9 cm³/mol. The van der Waals surface area contributed by atoms with Crippen LogP contribution in [0, 0.1) is 19.7 Å². The summed E-state index contributed by atoms with van der Waals surface area (Å²) in [6.45, 7) is 5.90. The quantitative estimate of drug-likeness (QED) is 0.834. The summed E-state index contributed by atoms with van der Waals surface area (Å²) in [5, 5.41) is 2.61. The van der Waals surface area contributed by atoms with Gasteiger partial charge in [0.1, 0.15) is 5.82 Å². The number of hydrogen-bond acceptors (Lipinski definition) is 3. The van der Waals surface area contributed by atoms with Gasteiger partial charge in [0.2, 0.25) is 0 Å². The normalized spacial score (nSPS) is 10.5. The number of ether oxygens (including phenoxy) is 1. The summed E-state index contributed by atoms with van der Waals surface area (Å²) in [7, 11) is 0. The SMILES string of the molecule is CCn1c(C)cc(C(=O)OCC(=O)Nc2cc(Cl)ccc2F)c1C. The number of anilines is 1. The lowest BCUT2D eigenvalue weighted by molar-refractivity contribution is -0.119. The second-order valence-electron chi connectivity index (χ2n) is 5.28. The van der Waals surface area contributed by atoms with E-state index in [-0.39, 0.29) is 10.7 Å². The van der Waals surface area contributed by atoms with Crippen LogP contribution in [0.4, 0.5) is 10.1 Å².